The SMILES string of the molecule is COCOCc1cc(=O)c(OCc2ccccc2)c(C(OCOC)c2ccccc2)o1. The van der Waals surface area contributed by atoms with Gasteiger partial charge in [-0.3, -0.25) is 4.79 Å². The molecule has 0 radical (unpaired) electrons. The molecule has 0 saturated carbocycles. The lowest BCUT2D eigenvalue weighted by molar-refractivity contribution is -0.0691. The smallest absolute Gasteiger partial charge is 0.227 e. The Bertz CT molecular complexity index is 970. The molecule has 164 valence electrons. The molecule has 7 nitrogen and oxygen atoms in total. The molecule has 0 aliphatic carbocycles. The molecule has 0 amide bonds. The molecule has 0 aliphatic rings. The molecule has 0 saturated heterocycles. The first-order valence-electron chi connectivity index (χ1n) is 9.78. The molecule has 0 bridgehead atoms. The van der Waals surface area contributed by atoms with E-state index in [1.165, 1.54) is 20.3 Å². The van der Waals surface area contributed by atoms with E-state index in [1.807, 2.05) is 60.7 Å². The summed E-state index contributed by atoms with van der Waals surface area (Å²) in [5.41, 5.74) is 1.40. The molecular formula is C24H26O7. The van der Waals surface area contributed by atoms with Crippen molar-refractivity contribution >= 4 is 0 Å². The van der Waals surface area contributed by atoms with Crippen LogP contribution in [0, 0.1) is 0 Å². The van der Waals surface area contributed by atoms with E-state index in [-0.39, 0.29) is 43.7 Å². The van der Waals surface area contributed by atoms with Gasteiger partial charge in [0.1, 0.15) is 38.7 Å². The predicted molar refractivity (Wildman–Crippen MR) is 114 cm³/mol. The first-order chi connectivity index (χ1) is 15.2. The second-order valence-electron chi connectivity index (χ2n) is 6.66. The molecule has 0 fully saturated rings. The van der Waals surface area contributed by atoms with Gasteiger partial charge in [0.15, 0.2) is 5.76 Å². The van der Waals surface area contributed by atoms with Gasteiger partial charge in [-0.1, -0.05) is 60.7 Å². The molecule has 3 rings (SSSR count). The Hall–Kier alpha value is -2.97. The van der Waals surface area contributed by atoms with Crippen LogP contribution < -0.4 is 10.2 Å². The fourth-order valence-electron chi connectivity index (χ4n) is 2.98. The Morgan fingerprint density at radius 3 is 2.23 bits per heavy atom. The van der Waals surface area contributed by atoms with Crippen molar-refractivity contribution in [3.05, 3.63) is 99.6 Å². The fraction of sp³-hybridized carbons (Fsp3) is 0.292. The largest absolute Gasteiger partial charge is 0.482 e. The van der Waals surface area contributed by atoms with Crippen molar-refractivity contribution < 1.29 is 28.1 Å². The van der Waals surface area contributed by atoms with Gasteiger partial charge >= 0.3 is 0 Å². The summed E-state index contributed by atoms with van der Waals surface area (Å²) in [6.07, 6.45) is -0.706. The van der Waals surface area contributed by atoms with Crippen molar-refractivity contribution in [3.63, 3.8) is 0 Å². The average Bonchev–Trinajstić information content (AvgIpc) is 2.80. The van der Waals surface area contributed by atoms with Crippen LogP contribution in [0.3, 0.4) is 0 Å². The van der Waals surface area contributed by atoms with Crippen LogP contribution in [-0.4, -0.2) is 27.8 Å². The van der Waals surface area contributed by atoms with Gasteiger partial charge < -0.3 is 28.1 Å². The van der Waals surface area contributed by atoms with Crippen LogP contribution in [0.2, 0.25) is 0 Å². The van der Waals surface area contributed by atoms with Gasteiger partial charge in [-0.05, 0) is 11.1 Å². The molecule has 1 atom stereocenters. The van der Waals surface area contributed by atoms with Crippen molar-refractivity contribution in [1.29, 1.82) is 0 Å². The molecule has 3 aromatic rings. The standard InChI is InChI=1S/C24H26O7/c1-26-16-28-15-20-13-21(25)23(29-14-18-9-5-3-6-10-18)24(31-20)22(30-17-27-2)19-11-7-4-8-12-19/h3-13,22H,14-17H2,1-2H3. The number of benzene rings is 2. The summed E-state index contributed by atoms with van der Waals surface area (Å²) in [5.74, 6) is 0.679. The second kappa shape index (κ2) is 12.0. The molecule has 0 N–H and O–H groups in total. The number of ether oxygens (including phenoxy) is 5. The minimum Gasteiger partial charge on any atom is -0.482 e. The number of hydrogen-bond donors (Lipinski definition) is 0. The third-order valence-corrected chi connectivity index (χ3v) is 4.35. The van der Waals surface area contributed by atoms with Crippen LogP contribution >= 0.6 is 0 Å². The topological polar surface area (TPSA) is 76.4 Å². The van der Waals surface area contributed by atoms with Crippen molar-refractivity contribution in [2.24, 2.45) is 0 Å². The zero-order valence-corrected chi connectivity index (χ0v) is 17.6. The number of rotatable bonds is 12. The highest BCUT2D eigenvalue weighted by molar-refractivity contribution is 5.35. The maximum Gasteiger partial charge on any atom is 0.227 e. The second-order valence-corrected chi connectivity index (χ2v) is 6.66. The summed E-state index contributed by atoms with van der Waals surface area (Å²) in [5, 5.41) is 0. The van der Waals surface area contributed by atoms with Gasteiger partial charge in [0.25, 0.3) is 0 Å². The lowest BCUT2D eigenvalue weighted by Gasteiger charge is -2.20. The summed E-state index contributed by atoms with van der Waals surface area (Å²) >= 11 is 0. The third-order valence-electron chi connectivity index (χ3n) is 4.35. The van der Waals surface area contributed by atoms with Crippen molar-refractivity contribution in [2.45, 2.75) is 19.3 Å². The van der Waals surface area contributed by atoms with E-state index in [4.69, 9.17) is 28.1 Å². The Kier molecular flexibility index (Phi) is 8.81. The van der Waals surface area contributed by atoms with E-state index in [0.29, 0.717) is 5.76 Å². The predicted octanol–water partition coefficient (Wildman–Crippen LogP) is 4.05. The van der Waals surface area contributed by atoms with E-state index < -0.39 is 6.10 Å². The van der Waals surface area contributed by atoms with Gasteiger partial charge in [-0.25, -0.2) is 0 Å². The van der Waals surface area contributed by atoms with Crippen LogP contribution in [0.4, 0.5) is 0 Å². The van der Waals surface area contributed by atoms with Crippen molar-refractivity contribution in [3.8, 4) is 5.75 Å². The molecule has 2 aromatic carbocycles. The highest BCUT2D eigenvalue weighted by atomic mass is 16.7. The number of hydrogen-bond acceptors (Lipinski definition) is 7. The molecule has 1 heterocycles. The minimum atomic E-state index is -0.706. The van der Waals surface area contributed by atoms with Gasteiger partial charge in [0, 0.05) is 20.3 Å². The summed E-state index contributed by atoms with van der Waals surface area (Å²) in [4.78, 5) is 13.0. The quantitative estimate of drug-likeness (QED) is 0.319. The van der Waals surface area contributed by atoms with E-state index in [9.17, 15) is 4.79 Å². The van der Waals surface area contributed by atoms with Crippen molar-refractivity contribution in [2.75, 3.05) is 27.8 Å². The molecule has 7 heteroatoms. The van der Waals surface area contributed by atoms with Gasteiger partial charge in [-0.15, -0.1) is 0 Å². The Balaban J connectivity index is 2.00. The van der Waals surface area contributed by atoms with Crippen LogP contribution in [0.1, 0.15) is 28.8 Å². The highest BCUT2D eigenvalue weighted by Crippen LogP contribution is 2.32. The molecule has 1 unspecified atom stereocenters. The average molecular weight is 426 g/mol. The number of methoxy groups -OCH3 is 2. The summed E-state index contributed by atoms with van der Waals surface area (Å²) in [6, 6.07) is 20.4. The highest BCUT2D eigenvalue weighted by Gasteiger charge is 2.26. The lowest BCUT2D eigenvalue weighted by Crippen LogP contribution is -2.17. The maximum absolute atomic E-state index is 13.0. The zero-order valence-electron chi connectivity index (χ0n) is 17.6. The zero-order chi connectivity index (χ0) is 21.9. The van der Waals surface area contributed by atoms with Crippen LogP contribution in [0.15, 0.2) is 75.9 Å². The first-order valence-corrected chi connectivity index (χ1v) is 9.78. The van der Waals surface area contributed by atoms with E-state index in [2.05, 4.69) is 0 Å². The summed E-state index contributed by atoms with van der Waals surface area (Å²) in [7, 11) is 3.05. The third kappa shape index (κ3) is 6.50. The molecule has 1 aromatic heterocycles. The Morgan fingerprint density at radius 2 is 1.55 bits per heavy atom. The van der Waals surface area contributed by atoms with Crippen LogP contribution in [0.5, 0.6) is 5.75 Å². The maximum atomic E-state index is 13.0. The van der Waals surface area contributed by atoms with Crippen LogP contribution in [0.25, 0.3) is 0 Å². The lowest BCUT2D eigenvalue weighted by atomic mass is 10.1. The van der Waals surface area contributed by atoms with Gasteiger partial charge in [0.2, 0.25) is 11.2 Å². The molecule has 31 heavy (non-hydrogen) atoms. The summed E-state index contributed by atoms with van der Waals surface area (Å²) in [6.45, 7) is 0.365. The van der Waals surface area contributed by atoms with Crippen molar-refractivity contribution in [1.82, 2.24) is 0 Å². The summed E-state index contributed by atoms with van der Waals surface area (Å²) < 4.78 is 33.2. The Morgan fingerprint density at radius 1 is 0.871 bits per heavy atom. The van der Waals surface area contributed by atoms with E-state index in [1.54, 1.807) is 0 Å². The Labute approximate surface area is 181 Å². The first kappa shape index (κ1) is 22.7. The van der Waals surface area contributed by atoms with Gasteiger partial charge in [0.05, 0.1) is 0 Å². The molecular weight excluding hydrogens is 400 g/mol. The monoisotopic (exact) mass is 426 g/mol. The molecule has 0 aliphatic heterocycles. The molecule has 0 spiro atoms. The van der Waals surface area contributed by atoms with Gasteiger partial charge in [-0.2, -0.15) is 0 Å². The fourth-order valence-corrected chi connectivity index (χ4v) is 2.98. The van der Waals surface area contributed by atoms with E-state index in [0.717, 1.165) is 11.1 Å². The normalized spacial score (nSPS) is 11.9. The van der Waals surface area contributed by atoms with Crippen LogP contribution in [-0.2, 0) is 32.2 Å². The van der Waals surface area contributed by atoms with E-state index >= 15 is 0 Å². The minimum absolute atomic E-state index is 0.00575.